The molecular weight excluding hydrogens is 220 g/mol. The van der Waals surface area contributed by atoms with Gasteiger partial charge in [0.1, 0.15) is 5.75 Å². The number of hydrogen-bond acceptors (Lipinski definition) is 4. The van der Waals surface area contributed by atoms with Crippen molar-refractivity contribution in [2.45, 2.75) is 18.9 Å². The maximum Gasteiger partial charge on any atom is 0.330 e. The molecule has 92 valence electrons. The van der Waals surface area contributed by atoms with Gasteiger partial charge < -0.3 is 14.9 Å². The number of methoxy groups -OCH3 is 1. The second kappa shape index (κ2) is 6.06. The number of rotatable bonds is 4. The Hall–Kier alpha value is -1.81. The predicted molar refractivity (Wildman–Crippen MR) is 63.7 cm³/mol. The van der Waals surface area contributed by atoms with Gasteiger partial charge in [-0.05, 0) is 13.0 Å². The van der Waals surface area contributed by atoms with Gasteiger partial charge in [-0.2, -0.15) is 0 Å². The van der Waals surface area contributed by atoms with E-state index in [9.17, 15) is 15.0 Å². The molecule has 0 spiro atoms. The predicted octanol–water partition coefficient (Wildman–Crippen LogP) is 1.59. The number of aromatic hydroxyl groups is 1. The molecule has 0 aliphatic heterocycles. The van der Waals surface area contributed by atoms with Crippen molar-refractivity contribution in [1.82, 2.24) is 0 Å². The molecule has 2 unspecified atom stereocenters. The van der Waals surface area contributed by atoms with Gasteiger partial charge in [0.25, 0.3) is 0 Å². The van der Waals surface area contributed by atoms with Crippen LogP contribution in [0.5, 0.6) is 5.75 Å². The third-order valence-electron chi connectivity index (χ3n) is 2.46. The minimum Gasteiger partial charge on any atom is -0.508 e. The number of carbonyl (C=O) groups is 1. The van der Waals surface area contributed by atoms with Crippen LogP contribution in [0.3, 0.4) is 0 Å². The summed E-state index contributed by atoms with van der Waals surface area (Å²) >= 11 is 0. The molecule has 0 fully saturated rings. The molecule has 4 heteroatoms. The molecule has 2 N–H and O–H groups in total. The van der Waals surface area contributed by atoms with E-state index < -0.39 is 18.0 Å². The van der Waals surface area contributed by atoms with Crippen LogP contribution in [0, 0.1) is 0 Å². The molecule has 0 heterocycles. The molecule has 4 nitrogen and oxygen atoms in total. The minimum atomic E-state index is -0.718. The van der Waals surface area contributed by atoms with Gasteiger partial charge in [0.2, 0.25) is 0 Å². The Balaban J connectivity index is 2.99. The maximum absolute atomic E-state index is 11.0. The first-order valence-corrected chi connectivity index (χ1v) is 5.28. The molecule has 0 amide bonds. The Morgan fingerprint density at radius 1 is 1.41 bits per heavy atom. The van der Waals surface area contributed by atoms with Crippen LogP contribution in [-0.4, -0.2) is 29.4 Å². The average molecular weight is 236 g/mol. The fourth-order valence-corrected chi connectivity index (χ4v) is 1.54. The number of hydrogen-bond donors (Lipinski definition) is 2. The summed E-state index contributed by atoms with van der Waals surface area (Å²) in [4.78, 5) is 11.0. The minimum absolute atomic E-state index is 0.0907. The third-order valence-corrected chi connectivity index (χ3v) is 2.46. The zero-order valence-electron chi connectivity index (χ0n) is 9.83. The monoisotopic (exact) mass is 236 g/mol. The smallest absolute Gasteiger partial charge is 0.330 e. The Morgan fingerprint density at radius 2 is 2.06 bits per heavy atom. The molecule has 2 atom stereocenters. The molecule has 0 radical (unpaired) electrons. The highest BCUT2D eigenvalue weighted by atomic mass is 16.5. The SMILES string of the molecule is COC(=O)/C=C/C(c1ccccc1O)C(C)O. The summed E-state index contributed by atoms with van der Waals surface area (Å²) in [7, 11) is 1.28. The van der Waals surface area contributed by atoms with Crippen molar-refractivity contribution in [2.24, 2.45) is 0 Å². The highest BCUT2D eigenvalue weighted by Crippen LogP contribution is 2.29. The van der Waals surface area contributed by atoms with Crippen molar-refractivity contribution in [1.29, 1.82) is 0 Å². The molecule has 0 bridgehead atoms. The summed E-state index contributed by atoms with van der Waals surface area (Å²) < 4.78 is 4.48. The first-order valence-electron chi connectivity index (χ1n) is 5.28. The number of phenolic OH excluding ortho intramolecular Hbond substituents is 1. The number of para-hydroxylation sites is 1. The molecule has 0 saturated carbocycles. The van der Waals surface area contributed by atoms with Crippen LogP contribution in [0.1, 0.15) is 18.4 Å². The van der Waals surface area contributed by atoms with Crippen molar-refractivity contribution < 1.29 is 19.7 Å². The number of aliphatic hydroxyl groups is 1. The van der Waals surface area contributed by atoms with E-state index in [2.05, 4.69) is 4.74 Å². The van der Waals surface area contributed by atoms with Gasteiger partial charge in [-0.25, -0.2) is 4.79 Å². The number of phenols is 1. The quantitative estimate of drug-likeness (QED) is 0.615. The molecule has 0 aliphatic rings. The summed E-state index contributed by atoms with van der Waals surface area (Å²) in [6.07, 6.45) is 2.04. The van der Waals surface area contributed by atoms with Gasteiger partial charge in [-0.1, -0.05) is 24.3 Å². The van der Waals surface area contributed by atoms with E-state index >= 15 is 0 Å². The van der Waals surface area contributed by atoms with Gasteiger partial charge in [0.05, 0.1) is 13.2 Å². The van der Waals surface area contributed by atoms with E-state index in [1.807, 2.05) is 0 Å². The van der Waals surface area contributed by atoms with E-state index in [1.165, 1.54) is 25.3 Å². The summed E-state index contributed by atoms with van der Waals surface area (Å²) in [6.45, 7) is 1.60. The number of carbonyl (C=O) groups excluding carboxylic acids is 1. The molecular formula is C13H16O4. The molecule has 1 aromatic rings. The topological polar surface area (TPSA) is 66.8 Å². The summed E-state index contributed by atoms with van der Waals surface area (Å²) in [5.41, 5.74) is 0.572. The first-order chi connectivity index (χ1) is 8.06. The van der Waals surface area contributed by atoms with Gasteiger partial charge in [-0.3, -0.25) is 0 Å². The Morgan fingerprint density at radius 3 is 2.59 bits per heavy atom. The molecule has 0 aliphatic carbocycles. The lowest BCUT2D eigenvalue weighted by atomic mass is 9.93. The van der Waals surface area contributed by atoms with Gasteiger partial charge in [-0.15, -0.1) is 0 Å². The van der Waals surface area contributed by atoms with Crippen LogP contribution in [0.2, 0.25) is 0 Å². The number of esters is 1. The van der Waals surface area contributed by atoms with Crippen LogP contribution in [-0.2, 0) is 9.53 Å². The molecule has 0 saturated heterocycles. The molecule has 1 rings (SSSR count). The zero-order valence-corrected chi connectivity index (χ0v) is 9.83. The molecule has 17 heavy (non-hydrogen) atoms. The Kier molecular flexibility index (Phi) is 4.72. The van der Waals surface area contributed by atoms with Crippen LogP contribution in [0.4, 0.5) is 0 Å². The van der Waals surface area contributed by atoms with Crippen LogP contribution >= 0.6 is 0 Å². The second-order valence-corrected chi connectivity index (χ2v) is 3.71. The Bertz CT molecular complexity index is 410. The molecule has 1 aromatic carbocycles. The third kappa shape index (κ3) is 3.60. The lowest BCUT2D eigenvalue weighted by Gasteiger charge is -2.17. The fourth-order valence-electron chi connectivity index (χ4n) is 1.54. The van der Waals surface area contributed by atoms with E-state index in [0.717, 1.165) is 0 Å². The lowest BCUT2D eigenvalue weighted by molar-refractivity contribution is -0.134. The van der Waals surface area contributed by atoms with Crippen molar-refractivity contribution in [3.63, 3.8) is 0 Å². The largest absolute Gasteiger partial charge is 0.508 e. The Labute approximate surface area is 100 Å². The van der Waals surface area contributed by atoms with Crippen molar-refractivity contribution >= 4 is 5.97 Å². The first kappa shape index (κ1) is 13.3. The highest BCUT2D eigenvalue weighted by molar-refractivity contribution is 5.81. The number of aliphatic hydroxyl groups excluding tert-OH is 1. The maximum atomic E-state index is 11.0. The average Bonchev–Trinajstić information content (AvgIpc) is 2.30. The van der Waals surface area contributed by atoms with Crippen molar-refractivity contribution in [3.05, 3.63) is 42.0 Å². The van der Waals surface area contributed by atoms with Crippen LogP contribution in [0.25, 0.3) is 0 Å². The fraction of sp³-hybridized carbons (Fsp3) is 0.308. The van der Waals surface area contributed by atoms with Crippen LogP contribution in [0.15, 0.2) is 36.4 Å². The number of benzene rings is 1. The van der Waals surface area contributed by atoms with E-state index in [4.69, 9.17) is 0 Å². The second-order valence-electron chi connectivity index (χ2n) is 3.71. The molecule has 0 aromatic heterocycles. The van der Waals surface area contributed by atoms with Gasteiger partial charge in [0.15, 0.2) is 0 Å². The van der Waals surface area contributed by atoms with Crippen LogP contribution < -0.4 is 0 Å². The summed E-state index contributed by atoms with van der Waals surface area (Å²) in [5, 5.41) is 19.4. The summed E-state index contributed by atoms with van der Waals surface area (Å²) in [5.74, 6) is -0.853. The normalized spacial score (nSPS) is 14.5. The summed E-state index contributed by atoms with van der Waals surface area (Å²) in [6, 6.07) is 6.70. The standard InChI is InChI=1S/C13H16O4/c1-9(14)10(7-8-13(16)17-2)11-5-3-4-6-12(11)15/h3-10,14-15H,1-2H3/b8-7+. The van der Waals surface area contributed by atoms with Crippen molar-refractivity contribution in [3.8, 4) is 5.75 Å². The van der Waals surface area contributed by atoms with E-state index in [1.54, 1.807) is 25.1 Å². The van der Waals surface area contributed by atoms with Gasteiger partial charge in [0, 0.05) is 17.6 Å². The van der Waals surface area contributed by atoms with E-state index in [-0.39, 0.29) is 5.75 Å². The van der Waals surface area contributed by atoms with E-state index in [0.29, 0.717) is 5.56 Å². The highest BCUT2D eigenvalue weighted by Gasteiger charge is 2.17. The number of ether oxygens (including phenoxy) is 1. The zero-order chi connectivity index (χ0) is 12.8. The van der Waals surface area contributed by atoms with Crippen molar-refractivity contribution in [2.75, 3.05) is 7.11 Å². The van der Waals surface area contributed by atoms with Gasteiger partial charge >= 0.3 is 5.97 Å². The lowest BCUT2D eigenvalue weighted by Crippen LogP contribution is -2.13.